The molecule has 1 heterocycles. The number of hydrogen-bond donors (Lipinski definition) is 0. The van der Waals surface area contributed by atoms with Crippen molar-refractivity contribution in [3.63, 3.8) is 0 Å². The predicted octanol–water partition coefficient (Wildman–Crippen LogP) is 10.7. The second-order valence-electron chi connectivity index (χ2n) is 11.6. The van der Waals surface area contributed by atoms with Crippen molar-refractivity contribution < 1.29 is 41.4 Å². The van der Waals surface area contributed by atoms with Gasteiger partial charge in [-0.05, 0) is 73.9 Å². The summed E-state index contributed by atoms with van der Waals surface area (Å²) in [5, 5.41) is 0. The van der Waals surface area contributed by atoms with Crippen LogP contribution in [0, 0.1) is 5.82 Å². The Bertz CT molecular complexity index is 1380. The van der Waals surface area contributed by atoms with Crippen molar-refractivity contribution in [1.82, 2.24) is 4.98 Å². The van der Waals surface area contributed by atoms with Crippen LogP contribution >= 0.6 is 0 Å². The normalized spacial score (nSPS) is 12.0. The molecule has 256 valence electrons. The predicted molar refractivity (Wildman–Crippen MR) is 173 cm³/mol. The van der Waals surface area contributed by atoms with Crippen molar-refractivity contribution in [2.45, 2.75) is 110 Å². The van der Waals surface area contributed by atoms with Crippen molar-refractivity contribution in [3.05, 3.63) is 77.7 Å². The molecule has 3 aromatic rings. The lowest BCUT2D eigenvalue weighted by atomic mass is 10.1. The third-order valence-corrected chi connectivity index (χ3v) is 7.72. The Morgan fingerprint density at radius 1 is 0.745 bits per heavy atom. The molecule has 0 saturated carbocycles. The van der Waals surface area contributed by atoms with E-state index in [2.05, 4.69) is 16.6 Å². The molecule has 0 radical (unpaired) electrons. The lowest BCUT2D eigenvalue weighted by Crippen LogP contribution is -2.33. The Balaban J connectivity index is 1.49. The van der Waals surface area contributed by atoms with E-state index in [1.54, 1.807) is 6.07 Å². The van der Waals surface area contributed by atoms with Crippen LogP contribution in [-0.2, 0) is 4.74 Å². The maximum Gasteiger partial charge on any atom is 0.425 e. The van der Waals surface area contributed by atoms with Gasteiger partial charge < -0.3 is 14.2 Å². The van der Waals surface area contributed by atoms with E-state index < -0.39 is 41.3 Å². The van der Waals surface area contributed by atoms with E-state index in [0.29, 0.717) is 24.8 Å². The van der Waals surface area contributed by atoms with E-state index in [4.69, 9.17) is 9.47 Å². The Hall–Kier alpha value is -3.95. The fourth-order valence-electron chi connectivity index (χ4n) is 4.95. The second kappa shape index (κ2) is 19.7. The standard InChI is InChI=1S/C37H45F4NO5/c1-3-5-7-9-10-11-12-14-24-45-30-20-16-27(17-21-30)32-22-18-29(26-42-32)36(44)46-33-23-19-28(25-31(33)38)35(43)47-34(37(39,40)41)15-13-8-6-4-2/h16-23,25-26,34H,3-15,24H2,1-2H3. The summed E-state index contributed by atoms with van der Waals surface area (Å²) in [6.45, 7) is 4.81. The van der Waals surface area contributed by atoms with Gasteiger partial charge >= 0.3 is 18.1 Å². The summed E-state index contributed by atoms with van der Waals surface area (Å²) < 4.78 is 70.5. The van der Waals surface area contributed by atoms with Gasteiger partial charge in [0.2, 0.25) is 0 Å². The van der Waals surface area contributed by atoms with Gasteiger partial charge in [0.25, 0.3) is 0 Å². The first kappa shape index (κ1) is 37.5. The number of carbonyl (C=O) groups is 2. The third kappa shape index (κ3) is 13.0. The van der Waals surface area contributed by atoms with Crippen molar-refractivity contribution in [3.8, 4) is 22.8 Å². The average Bonchev–Trinajstić information content (AvgIpc) is 3.06. The number of esters is 2. The zero-order chi connectivity index (χ0) is 34.1. The van der Waals surface area contributed by atoms with Crippen LogP contribution in [-0.4, -0.2) is 35.8 Å². The first-order valence-corrected chi connectivity index (χ1v) is 16.6. The number of alkyl halides is 3. The number of unbranched alkanes of at least 4 members (excludes halogenated alkanes) is 10. The molecule has 0 aliphatic rings. The molecule has 6 nitrogen and oxygen atoms in total. The number of aromatic nitrogens is 1. The molecule has 0 aliphatic carbocycles. The molecule has 0 bridgehead atoms. The highest BCUT2D eigenvalue weighted by molar-refractivity contribution is 5.92. The minimum Gasteiger partial charge on any atom is -0.494 e. The molecule has 1 atom stereocenters. The Labute approximate surface area is 274 Å². The molecule has 0 saturated heterocycles. The van der Waals surface area contributed by atoms with Gasteiger partial charge in [-0.25, -0.2) is 14.0 Å². The SMILES string of the molecule is CCCCCCCCCCOc1ccc(-c2ccc(C(=O)Oc3ccc(C(=O)OC(CCCCCC)C(F)(F)F)cc3F)cn2)cc1. The van der Waals surface area contributed by atoms with Crippen LogP contribution in [0.4, 0.5) is 17.6 Å². The third-order valence-electron chi connectivity index (χ3n) is 7.72. The lowest BCUT2D eigenvalue weighted by molar-refractivity contribution is -0.206. The Morgan fingerprint density at radius 2 is 1.36 bits per heavy atom. The summed E-state index contributed by atoms with van der Waals surface area (Å²) in [6, 6.07) is 13.3. The molecule has 10 heteroatoms. The molecule has 0 N–H and O–H groups in total. The van der Waals surface area contributed by atoms with Crippen molar-refractivity contribution in [1.29, 1.82) is 0 Å². The molecular weight excluding hydrogens is 614 g/mol. The van der Waals surface area contributed by atoms with Gasteiger partial charge in [0.1, 0.15) is 5.75 Å². The quantitative estimate of drug-likeness (QED) is 0.0520. The number of nitrogens with zero attached hydrogens (tertiary/aromatic N) is 1. The molecule has 1 unspecified atom stereocenters. The van der Waals surface area contributed by atoms with E-state index >= 15 is 0 Å². The molecule has 2 aromatic carbocycles. The summed E-state index contributed by atoms with van der Waals surface area (Å²) in [5.41, 5.74) is 1.04. The number of rotatable bonds is 20. The number of pyridine rings is 1. The van der Waals surface area contributed by atoms with E-state index in [0.717, 1.165) is 49.1 Å². The minimum absolute atomic E-state index is 0.0537. The van der Waals surface area contributed by atoms with Gasteiger partial charge in [0.05, 0.1) is 23.4 Å². The lowest BCUT2D eigenvalue weighted by Gasteiger charge is -2.20. The number of benzene rings is 2. The van der Waals surface area contributed by atoms with Crippen LogP contribution in [0.2, 0.25) is 0 Å². The minimum atomic E-state index is -4.75. The van der Waals surface area contributed by atoms with Crippen LogP contribution in [0.1, 0.15) is 118 Å². The monoisotopic (exact) mass is 659 g/mol. The van der Waals surface area contributed by atoms with Gasteiger partial charge in [0, 0.05) is 11.8 Å². The molecule has 0 amide bonds. The van der Waals surface area contributed by atoms with Crippen LogP contribution < -0.4 is 9.47 Å². The topological polar surface area (TPSA) is 74.7 Å². The van der Waals surface area contributed by atoms with Crippen molar-refractivity contribution in [2.24, 2.45) is 0 Å². The maximum atomic E-state index is 14.7. The molecule has 1 aromatic heterocycles. The summed E-state index contributed by atoms with van der Waals surface area (Å²) in [5.74, 6) is -3.05. The zero-order valence-corrected chi connectivity index (χ0v) is 27.3. The van der Waals surface area contributed by atoms with Crippen LogP contribution in [0.5, 0.6) is 11.5 Å². The summed E-state index contributed by atoms with van der Waals surface area (Å²) in [4.78, 5) is 29.3. The summed E-state index contributed by atoms with van der Waals surface area (Å²) >= 11 is 0. The first-order chi connectivity index (χ1) is 22.6. The highest BCUT2D eigenvalue weighted by Crippen LogP contribution is 2.29. The summed E-state index contributed by atoms with van der Waals surface area (Å²) in [6.07, 6.45) is 6.18. The number of ether oxygens (including phenoxy) is 3. The number of halogens is 4. The Morgan fingerprint density at radius 3 is 1.96 bits per heavy atom. The van der Waals surface area contributed by atoms with E-state index in [1.165, 1.54) is 50.8 Å². The van der Waals surface area contributed by atoms with E-state index in [-0.39, 0.29) is 18.4 Å². The van der Waals surface area contributed by atoms with E-state index in [1.807, 2.05) is 31.2 Å². The van der Waals surface area contributed by atoms with Crippen molar-refractivity contribution >= 4 is 11.9 Å². The van der Waals surface area contributed by atoms with Crippen LogP contribution in [0.3, 0.4) is 0 Å². The van der Waals surface area contributed by atoms with Gasteiger partial charge in [-0.15, -0.1) is 0 Å². The fourth-order valence-corrected chi connectivity index (χ4v) is 4.95. The van der Waals surface area contributed by atoms with Crippen LogP contribution in [0.15, 0.2) is 60.8 Å². The molecule has 0 fully saturated rings. The highest BCUT2D eigenvalue weighted by Gasteiger charge is 2.42. The maximum absolute atomic E-state index is 14.7. The molecule has 3 rings (SSSR count). The largest absolute Gasteiger partial charge is 0.494 e. The second-order valence-corrected chi connectivity index (χ2v) is 11.6. The van der Waals surface area contributed by atoms with Crippen LogP contribution in [0.25, 0.3) is 11.3 Å². The van der Waals surface area contributed by atoms with Gasteiger partial charge in [0.15, 0.2) is 17.7 Å². The smallest absolute Gasteiger partial charge is 0.425 e. The molecule has 47 heavy (non-hydrogen) atoms. The van der Waals surface area contributed by atoms with Gasteiger partial charge in [-0.3, -0.25) is 4.98 Å². The molecule has 0 aliphatic heterocycles. The zero-order valence-electron chi connectivity index (χ0n) is 27.3. The molecular formula is C37H45F4NO5. The van der Waals surface area contributed by atoms with Gasteiger partial charge in [-0.1, -0.05) is 78.1 Å². The Kier molecular flexibility index (Phi) is 15.7. The highest BCUT2D eigenvalue weighted by atomic mass is 19.4. The summed E-state index contributed by atoms with van der Waals surface area (Å²) in [7, 11) is 0. The average molecular weight is 660 g/mol. The molecule has 0 spiro atoms. The number of hydrogen-bond acceptors (Lipinski definition) is 6. The van der Waals surface area contributed by atoms with E-state index in [9.17, 15) is 27.2 Å². The van der Waals surface area contributed by atoms with Crippen molar-refractivity contribution in [2.75, 3.05) is 6.61 Å². The first-order valence-electron chi connectivity index (χ1n) is 16.6. The van der Waals surface area contributed by atoms with Gasteiger partial charge in [-0.2, -0.15) is 13.2 Å². The number of carbonyl (C=O) groups excluding carboxylic acids is 2. The fraction of sp³-hybridized carbons (Fsp3) is 0.486.